The van der Waals surface area contributed by atoms with Crippen molar-refractivity contribution in [3.8, 4) is 0 Å². The van der Waals surface area contributed by atoms with Crippen LogP contribution >= 0.6 is 0 Å². The highest BCUT2D eigenvalue weighted by Crippen LogP contribution is 2.08. The maximum Gasteiger partial charge on any atom is 0.103 e. The van der Waals surface area contributed by atoms with E-state index in [4.69, 9.17) is 9.84 Å². The Morgan fingerprint density at radius 2 is 1.93 bits per heavy atom. The maximum absolute atomic E-state index is 9.42. The molecule has 2 N–H and O–H groups in total. The molecule has 0 unspecified atom stereocenters. The van der Waals surface area contributed by atoms with Crippen LogP contribution in [0.3, 0.4) is 0 Å². The summed E-state index contributed by atoms with van der Waals surface area (Å²) in [4.78, 5) is 0. The van der Waals surface area contributed by atoms with Crippen LogP contribution in [0.25, 0.3) is 0 Å². The Morgan fingerprint density at radius 3 is 2.47 bits per heavy atom. The molecule has 0 saturated heterocycles. The zero-order valence-electron chi connectivity index (χ0n) is 8.97. The van der Waals surface area contributed by atoms with E-state index >= 15 is 0 Å². The number of hydrogen-bond acceptors (Lipinski definition) is 3. The Kier molecular flexibility index (Phi) is 5.32. The van der Waals surface area contributed by atoms with Crippen molar-refractivity contribution in [3.05, 3.63) is 35.9 Å². The molecule has 1 aromatic rings. The number of aliphatic hydroxyl groups excluding tert-OH is 2. The largest absolute Gasteiger partial charge is 0.394 e. The molecule has 0 aromatic heterocycles. The smallest absolute Gasteiger partial charge is 0.103 e. The highest BCUT2D eigenvalue weighted by atomic mass is 16.5. The van der Waals surface area contributed by atoms with Gasteiger partial charge in [-0.05, 0) is 12.0 Å². The van der Waals surface area contributed by atoms with E-state index in [-0.39, 0.29) is 12.7 Å². The topological polar surface area (TPSA) is 49.7 Å². The van der Waals surface area contributed by atoms with Gasteiger partial charge in [-0.1, -0.05) is 37.3 Å². The van der Waals surface area contributed by atoms with E-state index in [1.54, 1.807) is 0 Å². The zero-order chi connectivity index (χ0) is 11.1. The average Bonchev–Trinajstić information content (AvgIpc) is 2.31. The summed E-state index contributed by atoms with van der Waals surface area (Å²) in [6.45, 7) is 2.14. The molecule has 1 aromatic carbocycles. The third kappa shape index (κ3) is 4.00. The summed E-state index contributed by atoms with van der Waals surface area (Å²) < 4.78 is 5.52. The third-order valence-corrected chi connectivity index (χ3v) is 2.33. The second-order valence-corrected chi connectivity index (χ2v) is 3.49. The van der Waals surface area contributed by atoms with Crippen molar-refractivity contribution in [2.24, 2.45) is 0 Å². The first kappa shape index (κ1) is 12.2. The molecular weight excluding hydrogens is 192 g/mol. The van der Waals surface area contributed by atoms with Gasteiger partial charge in [-0.25, -0.2) is 0 Å². The van der Waals surface area contributed by atoms with Gasteiger partial charge in [0.1, 0.15) is 6.10 Å². The van der Waals surface area contributed by atoms with Crippen molar-refractivity contribution in [2.75, 3.05) is 6.61 Å². The van der Waals surface area contributed by atoms with Crippen molar-refractivity contribution < 1.29 is 14.9 Å². The van der Waals surface area contributed by atoms with E-state index in [1.807, 2.05) is 37.3 Å². The van der Waals surface area contributed by atoms with Gasteiger partial charge in [0.2, 0.25) is 0 Å². The predicted molar refractivity (Wildman–Crippen MR) is 58.4 cm³/mol. The average molecular weight is 210 g/mol. The number of benzene rings is 1. The van der Waals surface area contributed by atoms with Gasteiger partial charge in [-0.15, -0.1) is 0 Å². The number of hydrogen-bond donors (Lipinski definition) is 2. The van der Waals surface area contributed by atoms with Crippen molar-refractivity contribution in [2.45, 2.75) is 32.2 Å². The zero-order valence-corrected chi connectivity index (χ0v) is 8.97. The molecule has 0 aliphatic carbocycles. The summed E-state index contributed by atoms with van der Waals surface area (Å²) in [6.07, 6.45) is -0.400. The Hall–Kier alpha value is -0.900. The summed E-state index contributed by atoms with van der Waals surface area (Å²) in [7, 11) is 0. The molecule has 0 bridgehead atoms. The minimum atomic E-state index is -0.793. The lowest BCUT2D eigenvalue weighted by atomic mass is 10.1. The molecule has 1 rings (SSSR count). The van der Waals surface area contributed by atoms with Crippen LogP contribution in [0.5, 0.6) is 0 Å². The lowest BCUT2D eigenvalue weighted by Gasteiger charge is -2.20. The van der Waals surface area contributed by atoms with E-state index in [2.05, 4.69) is 0 Å². The highest BCUT2D eigenvalue weighted by molar-refractivity contribution is 5.13. The fourth-order valence-electron chi connectivity index (χ4n) is 1.40. The monoisotopic (exact) mass is 210 g/mol. The third-order valence-electron chi connectivity index (χ3n) is 2.33. The van der Waals surface area contributed by atoms with E-state index in [1.165, 1.54) is 0 Å². The van der Waals surface area contributed by atoms with E-state index in [0.717, 1.165) is 5.56 Å². The number of rotatable bonds is 6. The van der Waals surface area contributed by atoms with Crippen LogP contribution < -0.4 is 0 Å². The Labute approximate surface area is 90.3 Å². The molecule has 84 valence electrons. The summed E-state index contributed by atoms with van der Waals surface area (Å²) in [6, 6.07) is 9.78. The van der Waals surface area contributed by atoms with Gasteiger partial charge in [-0.3, -0.25) is 0 Å². The molecule has 0 spiro atoms. The Balaban J connectivity index is 2.41. The van der Waals surface area contributed by atoms with Gasteiger partial charge < -0.3 is 14.9 Å². The molecule has 0 radical (unpaired) electrons. The number of ether oxygens (including phenoxy) is 1. The molecule has 0 fully saturated rings. The van der Waals surface area contributed by atoms with Crippen LogP contribution in [-0.2, 0) is 11.3 Å². The fraction of sp³-hybridized carbons (Fsp3) is 0.500. The predicted octanol–water partition coefficient (Wildman–Crippen LogP) is 1.33. The van der Waals surface area contributed by atoms with Gasteiger partial charge in [0.25, 0.3) is 0 Å². The van der Waals surface area contributed by atoms with Gasteiger partial charge in [0.15, 0.2) is 0 Å². The van der Waals surface area contributed by atoms with E-state index in [0.29, 0.717) is 13.0 Å². The van der Waals surface area contributed by atoms with Crippen LogP contribution in [0.2, 0.25) is 0 Å². The quantitative estimate of drug-likeness (QED) is 0.745. The summed E-state index contributed by atoms with van der Waals surface area (Å²) in [5.74, 6) is 0. The van der Waals surface area contributed by atoms with Gasteiger partial charge in [0.05, 0.1) is 19.3 Å². The number of aliphatic hydroxyl groups is 2. The van der Waals surface area contributed by atoms with Crippen molar-refractivity contribution in [3.63, 3.8) is 0 Å². The van der Waals surface area contributed by atoms with Crippen molar-refractivity contribution in [1.29, 1.82) is 0 Å². The second-order valence-electron chi connectivity index (χ2n) is 3.49. The molecule has 0 saturated carbocycles. The first-order valence-electron chi connectivity index (χ1n) is 5.22. The van der Waals surface area contributed by atoms with Crippen LogP contribution in [0, 0.1) is 0 Å². The molecule has 15 heavy (non-hydrogen) atoms. The Morgan fingerprint density at radius 1 is 1.27 bits per heavy atom. The molecule has 0 aliphatic rings. The second kappa shape index (κ2) is 6.56. The van der Waals surface area contributed by atoms with Gasteiger partial charge >= 0.3 is 0 Å². The molecule has 0 aliphatic heterocycles. The van der Waals surface area contributed by atoms with Gasteiger partial charge in [-0.2, -0.15) is 0 Å². The van der Waals surface area contributed by atoms with Crippen LogP contribution in [0.1, 0.15) is 18.9 Å². The fourth-order valence-corrected chi connectivity index (χ4v) is 1.40. The minimum absolute atomic E-state index is 0.257. The minimum Gasteiger partial charge on any atom is -0.394 e. The molecular formula is C12H18O3. The highest BCUT2D eigenvalue weighted by Gasteiger charge is 2.16. The molecule has 0 amide bonds. The lowest BCUT2D eigenvalue weighted by molar-refractivity contribution is -0.0660. The lowest BCUT2D eigenvalue weighted by Crippen LogP contribution is -2.31. The molecule has 2 atom stereocenters. The summed E-state index contributed by atoms with van der Waals surface area (Å²) >= 11 is 0. The standard InChI is InChI=1S/C12H18O3/c1-2-12(11(14)8-13)15-9-10-6-4-3-5-7-10/h3-7,11-14H,2,8-9H2,1H3/t11-,12-/m1/s1. The van der Waals surface area contributed by atoms with Crippen molar-refractivity contribution >= 4 is 0 Å². The van der Waals surface area contributed by atoms with Crippen LogP contribution in [-0.4, -0.2) is 29.0 Å². The molecule has 0 heterocycles. The molecule has 3 nitrogen and oxygen atoms in total. The normalized spacial score (nSPS) is 14.9. The first-order chi connectivity index (χ1) is 7.27. The Bertz CT molecular complexity index is 261. The van der Waals surface area contributed by atoms with E-state index < -0.39 is 6.10 Å². The maximum atomic E-state index is 9.42. The van der Waals surface area contributed by atoms with Crippen molar-refractivity contribution in [1.82, 2.24) is 0 Å². The van der Waals surface area contributed by atoms with Gasteiger partial charge in [0, 0.05) is 0 Å². The van der Waals surface area contributed by atoms with E-state index in [9.17, 15) is 5.11 Å². The summed E-state index contributed by atoms with van der Waals surface area (Å²) in [5.41, 5.74) is 1.07. The SMILES string of the molecule is CC[C@@H](OCc1ccccc1)[C@H](O)CO. The van der Waals surface area contributed by atoms with Crippen LogP contribution in [0.15, 0.2) is 30.3 Å². The molecule has 3 heteroatoms. The first-order valence-corrected chi connectivity index (χ1v) is 5.22. The summed E-state index contributed by atoms with van der Waals surface area (Å²) in [5, 5.41) is 18.2. The van der Waals surface area contributed by atoms with Crippen LogP contribution in [0.4, 0.5) is 0 Å².